The van der Waals surface area contributed by atoms with E-state index in [9.17, 15) is 8.42 Å². The van der Waals surface area contributed by atoms with Crippen LogP contribution in [-0.2, 0) is 9.84 Å². The zero-order valence-corrected chi connectivity index (χ0v) is 14.5. The molecule has 8 heteroatoms. The fourth-order valence-electron chi connectivity index (χ4n) is 1.82. The van der Waals surface area contributed by atoms with Crippen LogP contribution in [0.25, 0.3) is 0 Å². The summed E-state index contributed by atoms with van der Waals surface area (Å²) >= 11 is 1.21. The molecule has 0 radical (unpaired) electrons. The average Bonchev–Trinajstić information content (AvgIpc) is 2.61. The average molecular weight is 361 g/mol. The van der Waals surface area contributed by atoms with E-state index in [0.29, 0.717) is 10.9 Å². The second-order valence-corrected chi connectivity index (χ2v) is 7.22. The molecule has 2 aromatic rings. The Labute approximate surface area is 145 Å². The first-order chi connectivity index (χ1) is 11.6. The highest BCUT2D eigenvalue weighted by Gasteiger charge is 2.19. The number of ether oxygens (including phenoxy) is 1. The Bertz CT molecular complexity index is 860. The zero-order chi connectivity index (χ0) is 17.4. The number of hydrogen-bond acceptors (Lipinski definition) is 6. The van der Waals surface area contributed by atoms with Crippen LogP contribution in [0, 0.1) is 11.5 Å². The minimum Gasteiger partial charge on any atom is -0.477 e. The quantitative estimate of drug-likeness (QED) is 0.381. The summed E-state index contributed by atoms with van der Waals surface area (Å²) in [5, 5.41) is 11.4. The fourth-order valence-corrected chi connectivity index (χ4v) is 3.29. The number of hydrogen-bond donors (Lipinski definition) is 1. The van der Waals surface area contributed by atoms with Crippen LogP contribution in [0.3, 0.4) is 0 Å². The van der Waals surface area contributed by atoms with Gasteiger partial charge in [-0.2, -0.15) is 5.26 Å². The van der Waals surface area contributed by atoms with Crippen molar-refractivity contribution in [3.63, 3.8) is 0 Å². The fraction of sp³-hybridized carbons (Fsp3) is 0.125. The highest BCUT2D eigenvalue weighted by molar-refractivity contribution is 8.13. The zero-order valence-electron chi connectivity index (χ0n) is 12.8. The third-order valence-corrected chi connectivity index (χ3v) is 4.93. The normalized spacial score (nSPS) is 11.6. The van der Waals surface area contributed by atoms with Gasteiger partial charge in [0, 0.05) is 0 Å². The predicted octanol–water partition coefficient (Wildman–Crippen LogP) is 2.92. The molecular weight excluding hydrogens is 346 g/mol. The molecule has 2 rings (SSSR count). The number of sulfone groups is 1. The molecule has 2 aromatic carbocycles. The molecule has 0 amide bonds. The van der Waals surface area contributed by atoms with Crippen LogP contribution >= 0.6 is 11.8 Å². The highest BCUT2D eigenvalue weighted by Crippen LogP contribution is 2.26. The number of aliphatic imine (C=N–C) groups is 1. The Morgan fingerprint density at radius 3 is 2.54 bits per heavy atom. The Hall–Kier alpha value is -2.50. The lowest BCUT2D eigenvalue weighted by Crippen LogP contribution is -2.15. The predicted molar refractivity (Wildman–Crippen MR) is 94.9 cm³/mol. The summed E-state index contributed by atoms with van der Waals surface area (Å²) in [7, 11) is -3.71. The van der Waals surface area contributed by atoms with Gasteiger partial charge in [0.2, 0.25) is 9.84 Å². The van der Waals surface area contributed by atoms with Crippen LogP contribution < -0.4 is 10.1 Å². The summed E-state index contributed by atoms with van der Waals surface area (Å²) in [6.45, 7) is 0. The van der Waals surface area contributed by atoms with E-state index in [1.807, 2.05) is 6.07 Å². The molecule has 0 unspecified atom stereocenters. The second kappa shape index (κ2) is 8.38. The molecule has 1 N–H and O–H groups in total. The Balaban J connectivity index is 2.29. The first kappa shape index (κ1) is 17.8. The maximum atomic E-state index is 12.6. The molecule has 0 saturated heterocycles. The van der Waals surface area contributed by atoms with Gasteiger partial charge in [0.1, 0.15) is 5.75 Å². The molecule has 0 aromatic heterocycles. The summed E-state index contributed by atoms with van der Waals surface area (Å²) in [4.78, 5) is 4.25. The van der Waals surface area contributed by atoms with Crippen molar-refractivity contribution in [3.8, 4) is 11.9 Å². The Kier molecular flexibility index (Phi) is 6.23. The van der Waals surface area contributed by atoms with Crippen molar-refractivity contribution in [1.29, 1.82) is 5.26 Å². The van der Waals surface area contributed by atoms with Crippen LogP contribution in [-0.4, -0.2) is 25.8 Å². The van der Waals surface area contributed by atoms with Crippen molar-refractivity contribution in [2.75, 3.05) is 12.2 Å². The lowest BCUT2D eigenvalue weighted by atomic mass is 10.3. The van der Waals surface area contributed by atoms with Crippen molar-refractivity contribution in [2.24, 2.45) is 4.99 Å². The minimum absolute atomic E-state index is 0.0484. The highest BCUT2D eigenvalue weighted by atomic mass is 32.2. The standard InChI is InChI=1S/C16H15N3O3S2/c1-23-16(18-11-17)19-14-9-5-6-10-15(14)24(20,21)12-22-13-7-3-2-4-8-13/h2-10H,12H2,1H3,(H,18,19). The van der Waals surface area contributed by atoms with Gasteiger partial charge >= 0.3 is 0 Å². The number of nitrogens with one attached hydrogen (secondary N) is 1. The van der Waals surface area contributed by atoms with Gasteiger partial charge in [-0.3, -0.25) is 5.32 Å². The molecule has 0 atom stereocenters. The molecule has 6 nitrogen and oxygen atoms in total. The van der Waals surface area contributed by atoms with Gasteiger partial charge in [0.15, 0.2) is 17.3 Å². The van der Waals surface area contributed by atoms with Gasteiger partial charge in [-0.15, -0.1) is 0 Å². The molecule has 0 aliphatic carbocycles. The molecule has 0 spiro atoms. The van der Waals surface area contributed by atoms with E-state index >= 15 is 0 Å². The lowest BCUT2D eigenvalue weighted by Gasteiger charge is -2.10. The van der Waals surface area contributed by atoms with Crippen molar-refractivity contribution in [3.05, 3.63) is 54.6 Å². The largest absolute Gasteiger partial charge is 0.477 e. The van der Waals surface area contributed by atoms with Gasteiger partial charge in [-0.25, -0.2) is 13.4 Å². The number of benzene rings is 2. The van der Waals surface area contributed by atoms with Crippen molar-refractivity contribution >= 4 is 32.5 Å². The number of nitriles is 1. The first-order valence-corrected chi connectivity index (χ1v) is 9.72. The van der Waals surface area contributed by atoms with E-state index in [2.05, 4.69) is 10.3 Å². The van der Waals surface area contributed by atoms with E-state index in [1.54, 1.807) is 54.9 Å². The van der Waals surface area contributed by atoms with Crippen LogP contribution in [0.5, 0.6) is 5.75 Å². The van der Waals surface area contributed by atoms with Crippen molar-refractivity contribution < 1.29 is 13.2 Å². The van der Waals surface area contributed by atoms with Gasteiger partial charge in [0.05, 0.1) is 10.6 Å². The summed E-state index contributed by atoms with van der Waals surface area (Å²) in [5.74, 6) is -0.0258. The van der Waals surface area contributed by atoms with Gasteiger partial charge in [-0.1, -0.05) is 42.1 Å². The number of thioether (sulfide) groups is 1. The minimum atomic E-state index is -3.71. The molecule has 0 heterocycles. The molecule has 0 fully saturated rings. The van der Waals surface area contributed by atoms with Gasteiger partial charge < -0.3 is 4.74 Å². The third-order valence-electron chi connectivity index (χ3n) is 2.90. The molecule has 0 bridgehead atoms. The lowest BCUT2D eigenvalue weighted by molar-refractivity contribution is 0.376. The first-order valence-electron chi connectivity index (χ1n) is 6.84. The molecule has 0 aliphatic heterocycles. The van der Waals surface area contributed by atoms with E-state index in [-0.39, 0.29) is 10.6 Å². The summed E-state index contributed by atoms with van der Waals surface area (Å²) in [6.07, 6.45) is 3.50. The monoisotopic (exact) mass is 361 g/mol. The number of amidine groups is 1. The van der Waals surface area contributed by atoms with E-state index in [0.717, 1.165) is 0 Å². The van der Waals surface area contributed by atoms with Crippen molar-refractivity contribution in [1.82, 2.24) is 5.32 Å². The topological polar surface area (TPSA) is 91.6 Å². The van der Waals surface area contributed by atoms with Crippen LogP contribution in [0.4, 0.5) is 5.69 Å². The second-order valence-electron chi connectivity index (χ2n) is 4.52. The summed E-state index contributed by atoms with van der Waals surface area (Å²) in [5.41, 5.74) is 0.251. The maximum absolute atomic E-state index is 12.6. The SMILES string of the molecule is CSC(=Nc1ccccc1S(=O)(=O)COc1ccccc1)NC#N. The van der Waals surface area contributed by atoms with E-state index < -0.39 is 15.8 Å². The third kappa shape index (κ3) is 4.75. The smallest absolute Gasteiger partial charge is 0.215 e. The number of nitrogens with zero attached hydrogens (tertiary/aromatic N) is 2. The summed E-state index contributed by atoms with van der Waals surface area (Å²) < 4.78 is 30.5. The Morgan fingerprint density at radius 2 is 1.88 bits per heavy atom. The van der Waals surface area contributed by atoms with Crippen LogP contribution in [0.1, 0.15) is 0 Å². The molecular formula is C16H15N3O3S2. The number of rotatable bonds is 5. The number of para-hydroxylation sites is 2. The molecule has 24 heavy (non-hydrogen) atoms. The van der Waals surface area contributed by atoms with Crippen molar-refractivity contribution in [2.45, 2.75) is 4.90 Å². The summed E-state index contributed by atoms with van der Waals surface area (Å²) in [6, 6.07) is 15.0. The molecule has 0 saturated carbocycles. The van der Waals surface area contributed by atoms with Gasteiger partial charge in [0.25, 0.3) is 0 Å². The molecule has 0 aliphatic rings. The van der Waals surface area contributed by atoms with Crippen LogP contribution in [0.2, 0.25) is 0 Å². The molecule has 124 valence electrons. The van der Waals surface area contributed by atoms with E-state index in [1.165, 1.54) is 17.8 Å². The Morgan fingerprint density at radius 1 is 1.21 bits per heavy atom. The van der Waals surface area contributed by atoms with Crippen LogP contribution in [0.15, 0.2) is 64.5 Å². The maximum Gasteiger partial charge on any atom is 0.215 e. The van der Waals surface area contributed by atoms with E-state index in [4.69, 9.17) is 10.00 Å². The van der Waals surface area contributed by atoms with Gasteiger partial charge in [-0.05, 0) is 30.5 Å².